The summed E-state index contributed by atoms with van der Waals surface area (Å²) in [5.41, 5.74) is 13.7. The first-order valence-corrected chi connectivity index (χ1v) is 19.6. The number of nitrogens with zero attached hydrogens (tertiary/aromatic N) is 4. The summed E-state index contributed by atoms with van der Waals surface area (Å²) in [5.74, 6) is -1.36. The summed E-state index contributed by atoms with van der Waals surface area (Å²) in [6.45, 7) is 3.40. The third-order valence-corrected chi connectivity index (χ3v) is 10.9. The molecule has 6 aromatic carbocycles. The molecule has 0 aliphatic carbocycles. The molecule has 9 N–H and O–H groups in total. The molecule has 17 nitrogen and oxygen atoms in total. The Morgan fingerprint density at radius 3 is 1.52 bits per heavy atom. The standard InChI is InChI=1S/C34H28N6O11S3/c1-16-9-18(4-7-26(16)37-39-31-28(53(46,47)48)12-20-3-6-22(35)14-24(20)33(31)41)19-5-8-27(17(2)10-19)38-40-32-29(54(49,50)51)13-21-11-23(52(43,44)45)15-25(36)30(21)34(32)42/h3-15,41-42H,35-36H2,1-2H3,(H,43,44,45)(H,46,47,48)(H,49,50,51). The van der Waals surface area contributed by atoms with E-state index in [1.807, 2.05) is 0 Å². The molecule has 0 fully saturated rings. The molecule has 0 aliphatic heterocycles. The monoisotopic (exact) mass is 792 g/mol. The van der Waals surface area contributed by atoms with Gasteiger partial charge in [0.15, 0.2) is 11.5 Å². The largest absolute Gasteiger partial charge is 0.505 e. The van der Waals surface area contributed by atoms with Crippen LogP contribution >= 0.6 is 0 Å². The van der Waals surface area contributed by atoms with Gasteiger partial charge in [-0.1, -0.05) is 18.2 Å². The molecule has 0 radical (unpaired) electrons. The maximum Gasteiger partial charge on any atom is 0.296 e. The van der Waals surface area contributed by atoms with Gasteiger partial charge in [0.1, 0.15) is 21.2 Å². The molecule has 0 saturated heterocycles. The molecule has 0 aliphatic rings. The number of azo groups is 2. The number of aryl methyl sites for hydroxylation is 2. The number of fused-ring (bicyclic) bond motifs is 2. The van der Waals surface area contributed by atoms with Gasteiger partial charge in [0.05, 0.1) is 16.3 Å². The molecule has 278 valence electrons. The van der Waals surface area contributed by atoms with Gasteiger partial charge in [-0.3, -0.25) is 13.7 Å². The Balaban J connectivity index is 1.33. The molecule has 0 saturated carbocycles. The summed E-state index contributed by atoms with van der Waals surface area (Å²) in [4.78, 5) is -2.22. The minimum absolute atomic E-state index is 0.202. The first kappa shape index (κ1) is 37.7. The van der Waals surface area contributed by atoms with Crippen LogP contribution in [0.1, 0.15) is 11.1 Å². The number of nitrogen functional groups attached to an aromatic ring is 2. The molecule has 20 heteroatoms. The second kappa shape index (κ2) is 13.4. The normalized spacial score (nSPS) is 12.8. The molecule has 0 heterocycles. The molecular weight excluding hydrogens is 765 g/mol. The number of aromatic hydroxyl groups is 2. The van der Waals surface area contributed by atoms with Gasteiger partial charge < -0.3 is 21.7 Å². The third kappa shape index (κ3) is 7.28. The summed E-state index contributed by atoms with van der Waals surface area (Å²) in [5, 5.41) is 38.0. The predicted octanol–water partition coefficient (Wildman–Crippen LogP) is 7.42. The van der Waals surface area contributed by atoms with Crippen molar-refractivity contribution in [2.75, 3.05) is 11.5 Å². The van der Waals surface area contributed by atoms with Crippen LogP contribution in [0.5, 0.6) is 11.5 Å². The third-order valence-electron chi connectivity index (χ3n) is 8.33. The molecule has 0 unspecified atom stereocenters. The molecule has 6 aromatic rings. The maximum absolute atomic E-state index is 12.3. The smallest absolute Gasteiger partial charge is 0.296 e. The van der Waals surface area contributed by atoms with Crippen molar-refractivity contribution < 1.29 is 49.1 Å². The van der Waals surface area contributed by atoms with E-state index in [-0.39, 0.29) is 27.5 Å². The van der Waals surface area contributed by atoms with Crippen molar-refractivity contribution in [1.29, 1.82) is 0 Å². The zero-order chi connectivity index (χ0) is 39.5. The van der Waals surface area contributed by atoms with Crippen LogP contribution in [0, 0.1) is 13.8 Å². The Morgan fingerprint density at radius 2 is 1.04 bits per heavy atom. The molecule has 6 rings (SSSR count). The molecule has 0 amide bonds. The summed E-state index contributed by atoms with van der Waals surface area (Å²) < 4.78 is 101. The van der Waals surface area contributed by atoms with Crippen LogP contribution in [-0.4, -0.2) is 49.1 Å². The van der Waals surface area contributed by atoms with Crippen LogP contribution in [-0.2, 0) is 30.4 Å². The number of phenols is 2. The second-order valence-corrected chi connectivity index (χ2v) is 16.3. The number of hydrogen-bond donors (Lipinski definition) is 7. The van der Waals surface area contributed by atoms with Gasteiger partial charge in [-0.25, -0.2) is 0 Å². The Labute approximate surface area is 307 Å². The van der Waals surface area contributed by atoms with E-state index in [0.29, 0.717) is 39.0 Å². The number of anilines is 2. The lowest BCUT2D eigenvalue weighted by atomic mass is 10.0. The maximum atomic E-state index is 12.3. The topological polar surface area (TPSA) is 305 Å². The first-order valence-electron chi connectivity index (χ1n) is 15.3. The first-order chi connectivity index (χ1) is 25.1. The van der Waals surface area contributed by atoms with Crippen LogP contribution in [0.25, 0.3) is 32.7 Å². The zero-order valence-corrected chi connectivity index (χ0v) is 30.3. The van der Waals surface area contributed by atoms with Crippen molar-refractivity contribution in [3.63, 3.8) is 0 Å². The van der Waals surface area contributed by atoms with Gasteiger partial charge in [0.25, 0.3) is 30.4 Å². The van der Waals surface area contributed by atoms with Crippen molar-refractivity contribution >= 4 is 86.0 Å². The van der Waals surface area contributed by atoms with Crippen LogP contribution < -0.4 is 11.5 Å². The van der Waals surface area contributed by atoms with E-state index in [1.54, 1.807) is 50.2 Å². The van der Waals surface area contributed by atoms with Crippen LogP contribution in [0.15, 0.2) is 114 Å². The highest BCUT2D eigenvalue weighted by atomic mass is 32.2. The SMILES string of the molecule is Cc1cc(-c2ccc(N=Nc3c(S(=O)(=O)O)cc4cc(S(=O)(=O)O)cc(N)c4c3O)c(C)c2)ccc1N=Nc1c(S(=O)(=O)O)cc2ccc(N)cc2c1O. The molecule has 0 bridgehead atoms. The number of benzene rings is 6. The number of rotatable bonds is 8. The highest BCUT2D eigenvalue weighted by molar-refractivity contribution is 7.86. The summed E-state index contributed by atoms with van der Waals surface area (Å²) in [6.07, 6.45) is 0. The van der Waals surface area contributed by atoms with Crippen molar-refractivity contribution in [2.24, 2.45) is 20.5 Å². The second-order valence-electron chi connectivity index (χ2n) is 12.1. The fraction of sp³-hybridized carbons (Fsp3) is 0.0588. The van der Waals surface area contributed by atoms with Gasteiger partial charge in [-0.2, -0.15) is 35.5 Å². The van der Waals surface area contributed by atoms with Gasteiger partial charge in [-0.15, -0.1) is 10.2 Å². The van der Waals surface area contributed by atoms with Gasteiger partial charge in [0.2, 0.25) is 0 Å². The predicted molar refractivity (Wildman–Crippen MR) is 199 cm³/mol. The highest BCUT2D eigenvalue weighted by Crippen LogP contribution is 2.45. The van der Waals surface area contributed by atoms with E-state index in [0.717, 1.165) is 24.3 Å². The van der Waals surface area contributed by atoms with E-state index in [2.05, 4.69) is 20.5 Å². The molecule has 54 heavy (non-hydrogen) atoms. The summed E-state index contributed by atoms with van der Waals surface area (Å²) >= 11 is 0. The quantitative estimate of drug-likeness (QED) is 0.0449. The van der Waals surface area contributed by atoms with Crippen molar-refractivity contribution in [3.8, 4) is 22.6 Å². The number of nitrogens with two attached hydrogens (primary N) is 2. The number of hydrogen-bond acceptors (Lipinski definition) is 14. The van der Waals surface area contributed by atoms with E-state index >= 15 is 0 Å². The minimum atomic E-state index is -5.05. The number of phenolic OH excluding ortho intramolecular Hbond substituents is 2. The van der Waals surface area contributed by atoms with Crippen LogP contribution in [0.4, 0.5) is 34.1 Å². The molecular formula is C34H28N6O11S3. The van der Waals surface area contributed by atoms with Crippen molar-refractivity contribution in [2.45, 2.75) is 28.5 Å². The fourth-order valence-electron chi connectivity index (χ4n) is 5.69. The average molecular weight is 793 g/mol. The van der Waals surface area contributed by atoms with Gasteiger partial charge in [0, 0.05) is 22.1 Å². The van der Waals surface area contributed by atoms with Crippen molar-refractivity contribution in [1.82, 2.24) is 0 Å². The molecule has 0 spiro atoms. The van der Waals surface area contributed by atoms with E-state index in [1.165, 1.54) is 18.2 Å². The van der Waals surface area contributed by atoms with E-state index in [4.69, 9.17) is 11.5 Å². The Morgan fingerprint density at radius 1 is 0.537 bits per heavy atom. The van der Waals surface area contributed by atoms with Gasteiger partial charge >= 0.3 is 0 Å². The van der Waals surface area contributed by atoms with Crippen molar-refractivity contribution in [3.05, 3.63) is 90.0 Å². The van der Waals surface area contributed by atoms with E-state index < -0.39 is 67.9 Å². The van der Waals surface area contributed by atoms with Crippen LogP contribution in [0.3, 0.4) is 0 Å². The highest BCUT2D eigenvalue weighted by Gasteiger charge is 2.25. The van der Waals surface area contributed by atoms with Gasteiger partial charge in [-0.05, 0) is 108 Å². The Kier molecular flexibility index (Phi) is 9.38. The van der Waals surface area contributed by atoms with E-state index in [9.17, 15) is 49.1 Å². The lowest BCUT2D eigenvalue weighted by molar-refractivity contribution is 0.471. The lowest BCUT2D eigenvalue weighted by Crippen LogP contribution is -2.02. The summed E-state index contributed by atoms with van der Waals surface area (Å²) in [6, 6.07) is 18.2. The Bertz CT molecular complexity index is 2990. The lowest BCUT2D eigenvalue weighted by Gasteiger charge is -2.12. The zero-order valence-electron chi connectivity index (χ0n) is 27.9. The fourth-order valence-corrected chi connectivity index (χ4v) is 7.55. The van der Waals surface area contributed by atoms with Crippen LogP contribution in [0.2, 0.25) is 0 Å². The Hall–Kier alpha value is -6.03. The minimum Gasteiger partial charge on any atom is -0.505 e. The summed E-state index contributed by atoms with van der Waals surface area (Å²) in [7, 11) is -14.6. The molecule has 0 aromatic heterocycles. The molecule has 0 atom stereocenters. The average Bonchev–Trinajstić information content (AvgIpc) is 3.07.